The molecule has 7 nitrogen and oxygen atoms in total. The van der Waals surface area contributed by atoms with E-state index in [1.54, 1.807) is 14.2 Å². The van der Waals surface area contributed by atoms with Crippen LogP contribution in [0.5, 0.6) is 11.5 Å². The Hall–Kier alpha value is -3.48. The summed E-state index contributed by atoms with van der Waals surface area (Å²) in [5.41, 5.74) is 3.69. The third-order valence-electron chi connectivity index (χ3n) is 4.97. The largest absolute Gasteiger partial charge is 0.497 e. The molecule has 0 unspecified atom stereocenters. The molecule has 0 saturated carbocycles. The lowest BCUT2D eigenvalue weighted by molar-refractivity contribution is -0.136. The Morgan fingerprint density at radius 3 is 2.61 bits per heavy atom. The number of rotatable bonds is 4. The van der Waals surface area contributed by atoms with Gasteiger partial charge in [0.05, 0.1) is 44.0 Å². The van der Waals surface area contributed by atoms with Gasteiger partial charge in [0.2, 0.25) is 5.95 Å². The molecule has 0 spiro atoms. The molecule has 28 heavy (non-hydrogen) atoms. The summed E-state index contributed by atoms with van der Waals surface area (Å²) in [6.07, 6.45) is 0. The van der Waals surface area contributed by atoms with E-state index in [4.69, 9.17) is 19.2 Å². The van der Waals surface area contributed by atoms with Crippen LogP contribution in [0.3, 0.4) is 0 Å². The highest BCUT2D eigenvalue weighted by Crippen LogP contribution is 2.43. The van der Waals surface area contributed by atoms with Crippen molar-refractivity contribution in [3.05, 3.63) is 59.3 Å². The van der Waals surface area contributed by atoms with Gasteiger partial charge < -0.3 is 19.5 Å². The highest BCUT2D eigenvalue weighted by atomic mass is 16.5. The van der Waals surface area contributed by atoms with E-state index >= 15 is 0 Å². The minimum atomic E-state index is -0.485. The molecule has 2 heterocycles. The van der Waals surface area contributed by atoms with E-state index in [2.05, 4.69) is 5.32 Å². The van der Waals surface area contributed by atoms with Gasteiger partial charge in [0.15, 0.2) is 0 Å². The van der Waals surface area contributed by atoms with Crippen molar-refractivity contribution in [2.24, 2.45) is 0 Å². The summed E-state index contributed by atoms with van der Waals surface area (Å²) in [4.78, 5) is 17.4. The lowest BCUT2D eigenvalue weighted by Gasteiger charge is -2.31. The lowest BCUT2D eigenvalue weighted by atomic mass is 9.94. The molecule has 3 aromatic rings. The average molecular weight is 379 g/mol. The standard InChI is InChI=1S/C21H21N3O4/c1-12-18(20(25)28-4)19(14-11-13(26-2)9-10-17(14)27-3)24-16-8-6-5-7-15(16)23-21(24)22-12/h5-11,19H,1-4H3,(H,22,23)/t19-/m0/s1. The minimum Gasteiger partial charge on any atom is -0.497 e. The number of benzene rings is 2. The molecule has 0 radical (unpaired) electrons. The van der Waals surface area contributed by atoms with Crippen molar-refractivity contribution in [1.29, 1.82) is 0 Å². The van der Waals surface area contributed by atoms with Crippen molar-refractivity contribution in [1.82, 2.24) is 9.55 Å². The zero-order chi connectivity index (χ0) is 19.8. The van der Waals surface area contributed by atoms with Gasteiger partial charge in [0.25, 0.3) is 0 Å². The fourth-order valence-corrected chi connectivity index (χ4v) is 3.69. The fourth-order valence-electron chi connectivity index (χ4n) is 3.69. The molecule has 0 bridgehead atoms. The van der Waals surface area contributed by atoms with E-state index in [-0.39, 0.29) is 0 Å². The molecule has 1 aliphatic heterocycles. The van der Waals surface area contributed by atoms with Crippen LogP contribution in [0.2, 0.25) is 0 Å². The van der Waals surface area contributed by atoms with Crippen LogP contribution in [-0.4, -0.2) is 36.8 Å². The number of aromatic nitrogens is 2. The summed E-state index contributed by atoms with van der Waals surface area (Å²) in [5, 5.41) is 3.24. The molecular weight excluding hydrogens is 358 g/mol. The van der Waals surface area contributed by atoms with Crippen molar-refractivity contribution in [2.75, 3.05) is 26.6 Å². The summed E-state index contributed by atoms with van der Waals surface area (Å²) in [7, 11) is 4.59. The number of para-hydroxylation sites is 2. The summed E-state index contributed by atoms with van der Waals surface area (Å²) in [6.45, 7) is 1.84. The Morgan fingerprint density at radius 2 is 1.89 bits per heavy atom. The fraction of sp³-hybridized carbons (Fsp3) is 0.238. The van der Waals surface area contributed by atoms with E-state index in [0.717, 1.165) is 16.6 Å². The Bertz CT molecular complexity index is 1100. The number of fused-ring (bicyclic) bond motifs is 3. The van der Waals surface area contributed by atoms with Crippen molar-refractivity contribution in [3.63, 3.8) is 0 Å². The maximum Gasteiger partial charge on any atom is 0.337 e. The number of nitrogens with one attached hydrogen (secondary N) is 1. The van der Waals surface area contributed by atoms with Crippen molar-refractivity contribution < 1.29 is 19.0 Å². The number of nitrogens with zero attached hydrogens (tertiary/aromatic N) is 2. The van der Waals surface area contributed by atoms with Crippen LogP contribution >= 0.6 is 0 Å². The molecule has 0 fully saturated rings. The lowest BCUT2D eigenvalue weighted by Crippen LogP contribution is -2.28. The van der Waals surface area contributed by atoms with E-state index in [1.807, 2.05) is 54.0 Å². The van der Waals surface area contributed by atoms with Crippen molar-refractivity contribution in [3.8, 4) is 11.5 Å². The second-order valence-corrected chi connectivity index (χ2v) is 6.46. The van der Waals surface area contributed by atoms with Gasteiger partial charge in [-0.05, 0) is 37.3 Å². The normalized spacial score (nSPS) is 15.8. The van der Waals surface area contributed by atoms with Gasteiger partial charge in [-0.1, -0.05) is 12.1 Å². The van der Waals surface area contributed by atoms with E-state index in [1.165, 1.54) is 7.11 Å². The summed E-state index contributed by atoms with van der Waals surface area (Å²) in [6, 6.07) is 12.8. The molecule has 0 aliphatic carbocycles. The number of esters is 1. The van der Waals surface area contributed by atoms with Crippen LogP contribution in [0.25, 0.3) is 11.0 Å². The van der Waals surface area contributed by atoms with Gasteiger partial charge in [-0.3, -0.25) is 4.57 Å². The number of carbonyl (C=O) groups is 1. The van der Waals surface area contributed by atoms with Crippen LogP contribution in [0.1, 0.15) is 18.5 Å². The highest BCUT2D eigenvalue weighted by Gasteiger charge is 2.36. The van der Waals surface area contributed by atoms with Gasteiger partial charge in [-0.15, -0.1) is 0 Å². The van der Waals surface area contributed by atoms with Crippen molar-refractivity contribution in [2.45, 2.75) is 13.0 Å². The number of ether oxygens (including phenoxy) is 3. The molecule has 1 aromatic heterocycles. The number of hydrogen-bond donors (Lipinski definition) is 1. The molecular formula is C21H21N3O4. The highest BCUT2D eigenvalue weighted by molar-refractivity contribution is 5.94. The number of anilines is 1. The van der Waals surface area contributed by atoms with E-state index in [0.29, 0.717) is 28.7 Å². The zero-order valence-corrected chi connectivity index (χ0v) is 16.1. The van der Waals surface area contributed by atoms with Gasteiger partial charge >= 0.3 is 5.97 Å². The average Bonchev–Trinajstić information content (AvgIpc) is 3.09. The number of imidazole rings is 1. The Balaban J connectivity index is 2.06. The smallest absolute Gasteiger partial charge is 0.337 e. The van der Waals surface area contributed by atoms with Gasteiger partial charge in [0.1, 0.15) is 11.5 Å². The van der Waals surface area contributed by atoms with Crippen LogP contribution in [-0.2, 0) is 9.53 Å². The maximum absolute atomic E-state index is 12.8. The van der Waals surface area contributed by atoms with Gasteiger partial charge in [-0.25, -0.2) is 9.78 Å². The minimum absolute atomic E-state index is 0.414. The van der Waals surface area contributed by atoms with Crippen LogP contribution in [0.15, 0.2) is 53.7 Å². The van der Waals surface area contributed by atoms with Crippen molar-refractivity contribution >= 4 is 23.0 Å². The maximum atomic E-state index is 12.8. The molecule has 1 N–H and O–H groups in total. The molecule has 1 atom stereocenters. The quantitative estimate of drug-likeness (QED) is 0.699. The number of methoxy groups -OCH3 is 3. The molecule has 0 amide bonds. The third-order valence-corrected chi connectivity index (χ3v) is 4.97. The van der Waals surface area contributed by atoms with Crippen LogP contribution in [0, 0.1) is 0 Å². The molecule has 144 valence electrons. The number of hydrogen-bond acceptors (Lipinski definition) is 6. The van der Waals surface area contributed by atoms with Crippen LogP contribution < -0.4 is 14.8 Å². The van der Waals surface area contributed by atoms with E-state index < -0.39 is 12.0 Å². The predicted molar refractivity (Wildman–Crippen MR) is 106 cm³/mol. The summed E-state index contributed by atoms with van der Waals surface area (Å²) >= 11 is 0. The van der Waals surface area contributed by atoms with Gasteiger partial charge in [0, 0.05) is 11.3 Å². The first-order valence-corrected chi connectivity index (χ1v) is 8.84. The van der Waals surface area contributed by atoms with Crippen LogP contribution in [0.4, 0.5) is 5.95 Å². The topological polar surface area (TPSA) is 74.6 Å². The Kier molecular flexibility index (Phi) is 4.43. The number of allylic oxidation sites excluding steroid dienone is 1. The Morgan fingerprint density at radius 1 is 1.11 bits per heavy atom. The number of carbonyl (C=O) groups excluding carboxylic acids is 1. The molecule has 0 saturated heterocycles. The molecule has 7 heteroatoms. The second-order valence-electron chi connectivity index (χ2n) is 6.46. The third kappa shape index (κ3) is 2.67. The van der Waals surface area contributed by atoms with Gasteiger partial charge in [-0.2, -0.15) is 0 Å². The Labute approximate surface area is 162 Å². The summed E-state index contributed by atoms with van der Waals surface area (Å²) < 4.78 is 18.1. The zero-order valence-electron chi connectivity index (χ0n) is 16.1. The first-order chi connectivity index (χ1) is 13.6. The molecule has 4 rings (SSSR count). The van der Waals surface area contributed by atoms with E-state index in [9.17, 15) is 4.79 Å². The molecule has 2 aromatic carbocycles. The predicted octanol–water partition coefficient (Wildman–Crippen LogP) is 3.52. The monoisotopic (exact) mass is 379 g/mol. The first kappa shape index (κ1) is 17.9. The molecule has 1 aliphatic rings. The second kappa shape index (κ2) is 6.92. The summed E-state index contributed by atoms with van der Waals surface area (Å²) in [5.74, 6) is 1.55. The SMILES string of the molecule is COC(=O)C1=C(C)Nc2nc3ccccc3n2[C@H]1c1cc(OC)ccc1OC. The first-order valence-electron chi connectivity index (χ1n) is 8.84.